The van der Waals surface area contributed by atoms with E-state index < -0.39 is 0 Å². The molecule has 1 atom stereocenters. The van der Waals surface area contributed by atoms with E-state index in [1.54, 1.807) is 0 Å². The Morgan fingerprint density at radius 2 is 2.11 bits per heavy atom. The average Bonchev–Trinajstić information content (AvgIpc) is 2.39. The number of rotatable bonds is 8. The molecule has 1 aromatic rings. The van der Waals surface area contributed by atoms with Crippen LogP contribution in [0.25, 0.3) is 0 Å². The molecule has 1 aromatic carbocycles. The number of methoxy groups -OCH3 is 1. The molecule has 5 nitrogen and oxygen atoms in total. The van der Waals surface area contributed by atoms with Crippen molar-refractivity contribution in [2.75, 3.05) is 26.9 Å². The molecule has 1 unspecified atom stereocenters. The standard InChI is InChI=1S/C13H19NO4/c1-17-9-12(7-15)14-13(16)10-18-8-11-5-3-2-4-6-11/h2-6,12,15H,7-10H2,1H3,(H,14,16). The van der Waals surface area contributed by atoms with Crippen molar-refractivity contribution in [2.24, 2.45) is 0 Å². The molecule has 0 spiro atoms. The SMILES string of the molecule is COCC(CO)NC(=O)COCc1ccccc1. The zero-order valence-corrected chi connectivity index (χ0v) is 10.5. The lowest BCUT2D eigenvalue weighted by Gasteiger charge is -2.15. The van der Waals surface area contributed by atoms with Crippen molar-refractivity contribution in [3.05, 3.63) is 35.9 Å². The smallest absolute Gasteiger partial charge is 0.246 e. The van der Waals surface area contributed by atoms with Crippen LogP contribution in [0.15, 0.2) is 30.3 Å². The Morgan fingerprint density at radius 1 is 1.39 bits per heavy atom. The highest BCUT2D eigenvalue weighted by molar-refractivity contribution is 5.77. The summed E-state index contributed by atoms with van der Waals surface area (Å²) in [5, 5.41) is 11.6. The Morgan fingerprint density at radius 3 is 2.72 bits per heavy atom. The average molecular weight is 253 g/mol. The van der Waals surface area contributed by atoms with Gasteiger partial charge in [0, 0.05) is 7.11 Å². The number of nitrogens with one attached hydrogen (secondary N) is 1. The van der Waals surface area contributed by atoms with Crippen LogP contribution in [0.5, 0.6) is 0 Å². The second-order valence-corrected chi connectivity index (χ2v) is 3.88. The normalized spacial score (nSPS) is 12.1. The van der Waals surface area contributed by atoms with Crippen LogP contribution in [0.3, 0.4) is 0 Å². The number of benzene rings is 1. The van der Waals surface area contributed by atoms with Crippen LogP contribution in [0, 0.1) is 0 Å². The largest absolute Gasteiger partial charge is 0.394 e. The molecule has 0 bridgehead atoms. The monoisotopic (exact) mass is 253 g/mol. The van der Waals surface area contributed by atoms with Gasteiger partial charge in [-0.3, -0.25) is 4.79 Å². The van der Waals surface area contributed by atoms with Crippen LogP contribution in [0.1, 0.15) is 5.56 Å². The van der Waals surface area contributed by atoms with E-state index in [0.717, 1.165) is 5.56 Å². The van der Waals surface area contributed by atoms with Crippen molar-refractivity contribution >= 4 is 5.91 Å². The minimum absolute atomic E-state index is 0.0326. The predicted molar refractivity (Wildman–Crippen MR) is 67.0 cm³/mol. The maximum absolute atomic E-state index is 11.5. The van der Waals surface area contributed by atoms with Gasteiger partial charge in [-0.25, -0.2) is 0 Å². The highest BCUT2D eigenvalue weighted by atomic mass is 16.5. The fourth-order valence-electron chi connectivity index (χ4n) is 1.45. The second-order valence-electron chi connectivity index (χ2n) is 3.88. The molecule has 18 heavy (non-hydrogen) atoms. The molecule has 100 valence electrons. The van der Waals surface area contributed by atoms with Crippen LogP contribution in [-0.4, -0.2) is 44.0 Å². The lowest BCUT2D eigenvalue weighted by Crippen LogP contribution is -2.42. The molecule has 2 N–H and O–H groups in total. The summed E-state index contributed by atoms with van der Waals surface area (Å²) in [5.41, 5.74) is 1.01. The van der Waals surface area contributed by atoms with Gasteiger partial charge in [0.15, 0.2) is 0 Å². The Labute approximate surface area is 107 Å². The molecule has 0 saturated heterocycles. The molecule has 0 aromatic heterocycles. The van der Waals surface area contributed by atoms with Gasteiger partial charge in [0.2, 0.25) is 5.91 Å². The molecule has 1 rings (SSSR count). The van der Waals surface area contributed by atoms with E-state index in [-0.39, 0.29) is 31.8 Å². The minimum atomic E-state index is -0.386. The number of amides is 1. The number of aliphatic hydroxyl groups is 1. The van der Waals surface area contributed by atoms with Crippen molar-refractivity contribution in [1.29, 1.82) is 0 Å². The number of carbonyl (C=O) groups excluding carboxylic acids is 1. The number of carbonyl (C=O) groups is 1. The molecule has 0 fully saturated rings. The van der Waals surface area contributed by atoms with Gasteiger partial charge in [-0.15, -0.1) is 0 Å². The maximum Gasteiger partial charge on any atom is 0.246 e. The molecule has 5 heteroatoms. The van der Waals surface area contributed by atoms with E-state index in [1.165, 1.54) is 7.11 Å². The van der Waals surface area contributed by atoms with E-state index in [2.05, 4.69) is 5.32 Å². The van der Waals surface area contributed by atoms with E-state index in [1.807, 2.05) is 30.3 Å². The van der Waals surface area contributed by atoms with E-state index in [0.29, 0.717) is 6.61 Å². The van der Waals surface area contributed by atoms with Crippen molar-refractivity contribution in [2.45, 2.75) is 12.6 Å². The summed E-state index contributed by atoms with van der Waals surface area (Å²) in [6.07, 6.45) is 0. The van der Waals surface area contributed by atoms with Crippen molar-refractivity contribution in [1.82, 2.24) is 5.32 Å². The van der Waals surface area contributed by atoms with Gasteiger partial charge in [-0.2, -0.15) is 0 Å². The Balaban J connectivity index is 2.20. The fourth-order valence-corrected chi connectivity index (χ4v) is 1.45. The van der Waals surface area contributed by atoms with Crippen LogP contribution in [0.4, 0.5) is 0 Å². The van der Waals surface area contributed by atoms with Crippen molar-refractivity contribution in [3.63, 3.8) is 0 Å². The summed E-state index contributed by atoms with van der Waals surface area (Å²) in [7, 11) is 1.51. The summed E-state index contributed by atoms with van der Waals surface area (Å²) in [5.74, 6) is -0.262. The van der Waals surface area contributed by atoms with Crippen molar-refractivity contribution in [3.8, 4) is 0 Å². The van der Waals surface area contributed by atoms with Crippen LogP contribution < -0.4 is 5.32 Å². The first-order valence-corrected chi connectivity index (χ1v) is 5.77. The summed E-state index contributed by atoms with van der Waals surface area (Å²) in [6, 6.07) is 9.23. The van der Waals surface area contributed by atoms with E-state index >= 15 is 0 Å². The zero-order chi connectivity index (χ0) is 13.2. The topological polar surface area (TPSA) is 67.8 Å². The van der Waals surface area contributed by atoms with Crippen LogP contribution >= 0.6 is 0 Å². The van der Waals surface area contributed by atoms with E-state index in [9.17, 15) is 4.79 Å². The first kappa shape index (κ1) is 14.6. The van der Waals surface area contributed by atoms with Crippen LogP contribution in [-0.2, 0) is 20.9 Å². The van der Waals surface area contributed by atoms with Crippen molar-refractivity contribution < 1.29 is 19.4 Å². The molecule has 0 heterocycles. The predicted octanol–water partition coefficient (Wildman–Crippen LogP) is 0.327. The molecular formula is C13H19NO4. The number of aliphatic hydroxyl groups excluding tert-OH is 1. The second kappa shape index (κ2) is 8.63. The quantitative estimate of drug-likeness (QED) is 0.700. The third kappa shape index (κ3) is 5.77. The summed E-state index contributed by atoms with van der Waals surface area (Å²) < 4.78 is 10.1. The Kier molecular flexibility index (Phi) is 7.01. The summed E-state index contributed by atoms with van der Waals surface area (Å²) in [6.45, 7) is 0.483. The maximum atomic E-state index is 11.5. The fraction of sp³-hybridized carbons (Fsp3) is 0.462. The third-order valence-corrected chi connectivity index (χ3v) is 2.30. The molecule has 0 radical (unpaired) electrons. The van der Waals surface area contributed by atoms with E-state index in [4.69, 9.17) is 14.6 Å². The van der Waals surface area contributed by atoms with Gasteiger partial charge in [-0.1, -0.05) is 30.3 Å². The number of hydrogen-bond donors (Lipinski definition) is 2. The number of ether oxygens (including phenoxy) is 2. The first-order valence-electron chi connectivity index (χ1n) is 5.77. The van der Waals surface area contributed by atoms with Gasteiger partial charge in [-0.05, 0) is 5.56 Å². The van der Waals surface area contributed by atoms with Gasteiger partial charge in [0.25, 0.3) is 0 Å². The summed E-state index contributed by atoms with van der Waals surface area (Å²) in [4.78, 5) is 11.5. The van der Waals surface area contributed by atoms with Gasteiger partial charge >= 0.3 is 0 Å². The van der Waals surface area contributed by atoms with Crippen LogP contribution in [0.2, 0.25) is 0 Å². The molecule has 0 aliphatic rings. The molecule has 0 aliphatic heterocycles. The summed E-state index contributed by atoms with van der Waals surface area (Å²) >= 11 is 0. The highest BCUT2D eigenvalue weighted by Crippen LogP contribution is 1.99. The Bertz CT molecular complexity index is 342. The molecule has 0 saturated carbocycles. The third-order valence-electron chi connectivity index (χ3n) is 2.30. The Hall–Kier alpha value is -1.43. The van der Waals surface area contributed by atoms with Gasteiger partial charge < -0.3 is 19.9 Å². The molecule has 1 amide bonds. The zero-order valence-electron chi connectivity index (χ0n) is 10.5. The molecule has 0 aliphatic carbocycles. The van der Waals surface area contributed by atoms with Gasteiger partial charge in [0.1, 0.15) is 6.61 Å². The minimum Gasteiger partial charge on any atom is -0.394 e. The lowest BCUT2D eigenvalue weighted by molar-refractivity contribution is -0.127. The highest BCUT2D eigenvalue weighted by Gasteiger charge is 2.10. The van der Waals surface area contributed by atoms with Gasteiger partial charge in [0.05, 0.1) is 25.9 Å². The molecular weight excluding hydrogens is 234 g/mol. The lowest BCUT2D eigenvalue weighted by atomic mass is 10.2. The number of hydrogen-bond acceptors (Lipinski definition) is 4. The first-order chi connectivity index (χ1) is 8.76.